The molecule has 0 bridgehead atoms. The zero-order valence-corrected chi connectivity index (χ0v) is 29.3. The van der Waals surface area contributed by atoms with Crippen molar-refractivity contribution < 1.29 is 0 Å². The Morgan fingerprint density at radius 1 is 0.472 bits per heavy atom. The van der Waals surface area contributed by atoms with Crippen LogP contribution < -0.4 is 4.90 Å². The molecule has 2 aliphatic carbocycles. The highest BCUT2D eigenvalue weighted by Crippen LogP contribution is 2.44. The van der Waals surface area contributed by atoms with E-state index in [1.165, 1.54) is 88.5 Å². The summed E-state index contributed by atoms with van der Waals surface area (Å²) in [5.74, 6) is 0. The summed E-state index contributed by atoms with van der Waals surface area (Å²) < 4.78 is 2.45. The van der Waals surface area contributed by atoms with Gasteiger partial charge in [0.1, 0.15) is 0 Å². The second-order valence-electron chi connectivity index (χ2n) is 14.4. The number of hydrogen-bond acceptors (Lipinski definition) is 1. The maximum Gasteiger partial charge on any atom is 0.0558 e. The fourth-order valence-electron chi connectivity index (χ4n) is 9.02. The molecule has 0 saturated heterocycles. The normalized spacial score (nSPS) is 13.0. The van der Waals surface area contributed by atoms with E-state index in [0.717, 1.165) is 30.6 Å². The van der Waals surface area contributed by atoms with Crippen LogP contribution in [0.2, 0.25) is 0 Å². The zero-order valence-electron chi connectivity index (χ0n) is 29.3. The monoisotopic (exact) mass is 676 g/mol. The maximum atomic E-state index is 2.45. The molecule has 0 spiro atoms. The summed E-state index contributed by atoms with van der Waals surface area (Å²) in [6.45, 7) is 0. The fourth-order valence-corrected chi connectivity index (χ4v) is 9.02. The number of benzene rings is 8. The highest BCUT2D eigenvalue weighted by atomic mass is 15.1. The van der Waals surface area contributed by atoms with Gasteiger partial charge in [0.05, 0.1) is 5.52 Å². The molecule has 0 fully saturated rings. The van der Waals surface area contributed by atoms with Gasteiger partial charge in [-0.1, -0.05) is 121 Å². The molecule has 0 unspecified atom stereocenters. The predicted octanol–water partition coefficient (Wildman–Crippen LogP) is 13.6. The van der Waals surface area contributed by atoms with E-state index in [1.54, 1.807) is 0 Å². The van der Waals surface area contributed by atoms with Gasteiger partial charge in [-0.15, -0.1) is 0 Å². The van der Waals surface area contributed by atoms with Gasteiger partial charge >= 0.3 is 0 Å². The lowest BCUT2D eigenvalue weighted by Crippen LogP contribution is -2.10. The molecule has 9 aromatic rings. The Balaban J connectivity index is 1.09. The van der Waals surface area contributed by atoms with Crippen LogP contribution in [0.3, 0.4) is 0 Å². The third kappa shape index (κ3) is 4.80. The van der Waals surface area contributed by atoms with Gasteiger partial charge in [0.25, 0.3) is 0 Å². The van der Waals surface area contributed by atoms with Crippen LogP contribution in [0.4, 0.5) is 17.1 Å². The average molecular weight is 677 g/mol. The Morgan fingerprint density at radius 3 is 2.06 bits per heavy atom. The number of hydrogen-bond donors (Lipinski definition) is 0. The Hall–Kier alpha value is -6.64. The van der Waals surface area contributed by atoms with Crippen molar-refractivity contribution >= 4 is 55.6 Å². The maximum absolute atomic E-state index is 2.45. The molecule has 8 aromatic carbocycles. The van der Waals surface area contributed by atoms with Gasteiger partial charge in [0.15, 0.2) is 0 Å². The molecule has 250 valence electrons. The van der Waals surface area contributed by atoms with Crippen molar-refractivity contribution in [3.8, 4) is 27.9 Å². The molecule has 0 radical (unpaired) electrons. The lowest BCUT2D eigenvalue weighted by Gasteiger charge is -2.27. The van der Waals surface area contributed by atoms with Gasteiger partial charge < -0.3 is 9.47 Å². The van der Waals surface area contributed by atoms with Crippen LogP contribution in [-0.2, 0) is 12.8 Å². The molecule has 0 saturated carbocycles. The van der Waals surface area contributed by atoms with Crippen molar-refractivity contribution in [3.63, 3.8) is 0 Å². The topological polar surface area (TPSA) is 8.17 Å². The third-order valence-corrected chi connectivity index (χ3v) is 11.4. The van der Waals surface area contributed by atoms with Crippen molar-refractivity contribution in [2.45, 2.75) is 19.3 Å². The summed E-state index contributed by atoms with van der Waals surface area (Å²) in [6.07, 6.45) is 7.72. The van der Waals surface area contributed by atoms with Crippen LogP contribution in [0.25, 0.3) is 66.5 Å². The van der Waals surface area contributed by atoms with E-state index in [4.69, 9.17) is 0 Å². The number of rotatable bonds is 5. The minimum Gasteiger partial charge on any atom is -0.310 e. The van der Waals surface area contributed by atoms with E-state index in [9.17, 15) is 0 Å². The first kappa shape index (κ1) is 30.0. The summed E-state index contributed by atoms with van der Waals surface area (Å²) in [5, 5.41) is 6.45. The molecule has 53 heavy (non-hydrogen) atoms. The van der Waals surface area contributed by atoms with E-state index in [2.05, 4.69) is 191 Å². The Kier molecular flexibility index (Phi) is 6.78. The Labute approximate surface area is 309 Å². The molecule has 0 amide bonds. The Bertz CT molecular complexity index is 2910. The molecule has 0 N–H and O–H groups in total. The smallest absolute Gasteiger partial charge is 0.0558 e. The van der Waals surface area contributed by atoms with Crippen LogP contribution in [0.1, 0.15) is 28.8 Å². The van der Waals surface area contributed by atoms with Crippen molar-refractivity contribution in [2.75, 3.05) is 4.90 Å². The summed E-state index contributed by atoms with van der Waals surface area (Å²) in [6, 6.07) is 62.9. The number of aryl methyl sites for hydroxylation is 1. The van der Waals surface area contributed by atoms with Crippen molar-refractivity contribution in [3.05, 3.63) is 198 Å². The van der Waals surface area contributed by atoms with Gasteiger partial charge in [-0.05, 0) is 140 Å². The molecule has 0 atom stereocenters. The lowest BCUT2D eigenvalue weighted by atomic mass is 9.93. The first-order valence-corrected chi connectivity index (χ1v) is 18.7. The largest absolute Gasteiger partial charge is 0.310 e. The average Bonchev–Trinajstić information content (AvgIpc) is 3.76. The fraction of sp³-hybridized carbons (Fsp3) is 0.0588. The van der Waals surface area contributed by atoms with Crippen LogP contribution in [0, 0.1) is 0 Å². The van der Waals surface area contributed by atoms with Gasteiger partial charge in [-0.25, -0.2) is 0 Å². The number of nitrogens with zero attached hydrogens (tertiary/aromatic N) is 2. The third-order valence-electron chi connectivity index (χ3n) is 11.4. The zero-order chi connectivity index (χ0) is 34.9. The second kappa shape index (κ2) is 12.0. The summed E-state index contributed by atoms with van der Waals surface area (Å²) in [4.78, 5) is 2.45. The summed E-state index contributed by atoms with van der Waals surface area (Å²) >= 11 is 0. The van der Waals surface area contributed by atoms with Gasteiger partial charge in [0, 0.05) is 33.8 Å². The van der Waals surface area contributed by atoms with E-state index >= 15 is 0 Å². The molecule has 2 heteroatoms. The van der Waals surface area contributed by atoms with Gasteiger partial charge in [-0.2, -0.15) is 0 Å². The highest BCUT2D eigenvalue weighted by molar-refractivity contribution is 6.13. The minimum absolute atomic E-state index is 0.954. The molecule has 2 nitrogen and oxygen atoms in total. The molecular weight excluding hydrogens is 641 g/mol. The highest BCUT2D eigenvalue weighted by Gasteiger charge is 2.23. The Morgan fingerprint density at radius 2 is 1.17 bits per heavy atom. The summed E-state index contributed by atoms with van der Waals surface area (Å²) in [5.41, 5.74) is 16.6. The van der Waals surface area contributed by atoms with Crippen molar-refractivity contribution in [2.24, 2.45) is 0 Å². The number of aromatic nitrogens is 1. The quantitative estimate of drug-likeness (QED) is 0.165. The number of para-hydroxylation sites is 1. The van der Waals surface area contributed by atoms with Gasteiger partial charge in [0.2, 0.25) is 0 Å². The van der Waals surface area contributed by atoms with Crippen LogP contribution in [0.5, 0.6) is 0 Å². The lowest BCUT2D eigenvalue weighted by molar-refractivity contribution is 0.967. The van der Waals surface area contributed by atoms with Crippen LogP contribution >= 0.6 is 0 Å². The first-order chi connectivity index (χ1) is 26.3. The molecular formula is C51H36N2. The van der Waals surface area contributed by atoms with E-state index in [-0.39, 0.29) is 0 Å². The molecule has 11 rings (SSSR count). The molecule has 1 heterocycles. The first-order valence-electron chi connectivity index (χ1n) is 18.7. The number of anilines is 3. The van der Waals surface area contributed by atoms with E-state index in [0.29, 0.717) is 0 Å². The second-order valence-corrected chi connectivity index (χ2v) is 14.4. The molecule has 0 aliphatic heterocycles. The van der Waals surface area contributed by atoms with Gasteiger partial charge in [-0.3, -0.25) is 0 Å². The van der Waals surface area contributed by atoms with E-state index < -0.39 is 0 Å². The predicted molar refractivity (Wildman–Crippen MR) is 224 cm³/mol. The summed E-state index contributed by atoms with van der Waals surface area (Å²) in [7, 11) is 0. The van der Waals surface area contributed by atoms with Crippen molar-refractivity contribution in [1.29, 1.82) is 0 Å². The number of allylic oxidation sites excluding steroid dienone is 1. The van der Waals surface area contributed by atoms with Crippen molar-refractivity contribution in [1.82, 2.24) is 4.57 Å². The minimum atomic E-state index is 0.954. The number of fused-ring (bicyclic) bond motifs is 9. The molecule has 2 aliphatic rings. The van der Waals surface area contributed by atoms with Crippen LogP contribution in [0.15, 0.2) is 176 Å². The van der Waals surface area contributed by atoms with Crippen LogP contribution in [-0.4, -0.2) is 4.57 Å². The standard InChI is InChI=1S/C51H36N2/c1-2-14-38(15-3-1)53-50-21-11-10-20-47(50)48-29-27-41(33-51(48)53)52(40-26-28-44-37(31-40)30-35-12-4-6-16-42(35)44)39-24-22-34(23-25-39)49-32-36-13-5-7-17-43(36)45-18-8-9-19-46(45)49/h1-9,11-19,21-29,31-33H,10,20,30H2. The SMILES string of the molecule is C1=Cc2c(c3ccc(N(c4ccc(-c5cc6ccccc6c6ccccc56)cc4)c4ccc5c(c4)Cc4ccccc4-5)cc3n2-c2ccccc2)CC1. The molecule has 1 aromatic heterocycles. The van der Waals surface area contributed by atoms with E-state index in [1.807, 2.05) is 0 Å².